The number of halogens is 3. The number of likely N-dealkylation sites (tertiary alicyclic amines) is 1. The summed E-state index contributed by atoms with van der Waals surface area (Å²) >= 11 is 0. The standard InChI is InChI=1S/C22H20F3N7O5S/c1-13-3-4-16(36-20-14(2)15(11-26)7-8-27-20)12-31(13)21(33)17-5-6-18(37-38(34,35)22(23,24)25)30-19(17)32-28-9-10-29-32/h5-10,13,16H,3-4,12H2,1-2H3/t13-,16-/m1/s1. The molecule has 1 amide bonds. The van der Waals surface area contributed by atoms with Crippen molar-refractivity contribution in [2.45, 2.75) is 44.3 Å². The second kappa shape index (κ2) is 10.2. The van der Waals surface area contributed by atoms with E-state index >= 15 is 0 Å². The topological polar surface area (TPSA) is 153 Å². The van der Waals surface area contributed by atoms with Crippen molar-refractivity contribution in [1.29, 1.82) is 5.26 Å². The second-order valence-corrected chi connectivity index (χ2v) is 9.88. The molecule has 2 atom stereocenters. The molecule has 200 valence electrons. The molecule has 0 radical (unpaired) electrons. The van der Waals surface area contributed by atoms with E-state index in [9.17, 15) is 31.6 Å². The van der Waals surface area contributed by atoms with Gasteiger partial charge in [-0.1, -0.05) is 0 Å². The van der Waals surface area contributed by atoms with E-state index in [2.05, 4.69) is 30.4 Å². The van der Waals surface area contributed by atoms with Gasteiger partial charge in [-0.15, -0.1) is 4.80 Å². The normalized spacial score (nSPS) is 18.1. The summed E-state index contributed by atoms with van der Waals surface area (Å²) < 4.78 is 71.4. The number of hydrogen-bond acceptors (Lipinski definition) is 10. The van der Waals surface area contributed by atoms with Crippen LogP contribution in [-0.2, 0) is 10.1 Å². The molecule has 0 N–H and O–H groups in total. The maximum atomic E-state index is 13.6. The largest absolute Gasteiger partial charge is 0.534 e. The predicted molar refractivity (Wildman–Crippen MR) is 123 cm³/mol. The van der Waals surface area contributed by atoms with Crippen LogP contribution in [0.5, 0.6) is 11.8 Å². The number of rotatable bonds is 6. The molecule has 0 bridgehead atoms. The van der Waals surface area contributed by atoms with Gasteiger partial charge in [-0.2, -0.15) is 42.0 Å². The Balaban J connectivity index is 1.63. The van der Waals surface area contributed by atoms with E-state index in [1.54, 1.807) is 13.0 Å². The summed E-state index contributed by atoms with van der Waals surface area (Å²) in [6, 6.07) is 5.30. The number of hydrogen-bond donors (Lipinski definition) is 0. The summed E-state index contributed by atoms with van der Waals surface area (Å²) in [7, 11) is -5.99. The highest BCUT2D eigenvalue weighted by atomic mass is 32.2. The molecule has 16 heteroatoms. The van der Waals surface area contributed by atoms with E-state index in [0.717, 1.165) is 16.9 Å². The average Bonchev–Trinajstić information content (AvgIpc) is 3.40. The van der Waals surface area contributed by atoms with Crippen LogP contribution in [0, 0.1) is 18.3 Å². The van der Waals surface area contributed by atoms with E-state index in [1.165, 1.54) is 23.5 Å². The minimum Gasteiger partial charge on any atom is -0.472 e. The molecule has 3 aromatic rings. The van der Waals surface area contributed by atoms with Gasteiger partial charge in [0.05, 0.1) is 36.1 Å². The molecule has 4 heterocycles. The Morgan fingerprint density at radius 3 is 2.53 bits per heavy atom. The van der Waals surface area contributed by atoms with Crippen LogP contribution in [0.1, 0.15) is 41.3 Å². The second-order valence-electron chi connectivity index (χ2n) is 8.35. The zero-order chi connectivity index (χ0) is 27.7. The first kappa shape index (κ1) is 26.8. The molecule has 4 rings (SSSR count). The fourth-order valence-electron chi connectivity index (χ4n) is 3.80. The number of piperidine rings is 1. The van der Waals surface area contributed by atoms with E-state index in [4.69, 9.17) is 4.74 Å². The molecule has 1 aliphatic heterocycles. The Labute approximate surface area is 214 Å². The quantitative estimate of drug-likeness (QED) is 0.330. The lowest BCUT2D eigenvalue weighted by Crippen LogP contribution is -2.49. The van der Waals surface area contributed by atoms with Crippen LogP contribution >= 0.6 is 0 Å². The summed E-state index contributed by atoms with van der Waals surface area (Å²) in [5.74, 6) is -1.54. The van der Waals surface area contributed by atoms with Crippen molar-refractivity contribution in [2.24, 2.45) is 0 Å². The van der Waals surface area contributed by atoms with Crippen molar-refractivity contribution in [3.05, 3.63) is 53.5 Å². The predicted octanol–water partition coefficient (Wildman–Crippen LogP) is 2.54. The highest BCUT2D eigenvalue weighted by molar-refractivity contribution is 7.87. The molecule has 0 unspecified atom stereocenters. The minimum absolute atomic E-state index is 0.105. The summed E-state index contributed by atoms with van der Waals surface area (Å²) in [4.78, 5) is 23.9. The Hall–Kier alpha value is -4.26. The molecule has 0 aromatic carbocycles. The van der Waals surface area contributed by atoms with Gasteiger partial charge < -0.3 is 13.8 Å². The molecule has 3 aromatic heterocycles. The Bertz CT molecular complexity index is 1490. The molecule has 1 fully saturated rings. The van der Waals surface area contributed by atoms with Gasteiger partial charge in [0, 0.05) is 23.9 Å². The molecule has 12 nitrogen and oxygen atoms in total. The molecule has 0 spiro atoms. The highest BCUT2D eigenvalue weighted by Gasteiger charge is 2.49. The lowest BCUT2D eigenvalue weighted by Gasteiger charge is -2.38. The first-order chi connectivity index (χ1) is 17.9. The number of ether oxygens (including phenoxy) is 1. The van der Waals surface area contributed by atoms with Gasteiger partial charge in [0.25, 0.3) is 5.91 Å². The molecule has 38 heavy (non-hydrogen) atoms. The number of amides is 1. The van der Waals surface area contributed by atoms with Crippen molar-refractivity contribution in [3.63, 3.8) is 0 Å². The van der Waals surface area contributed by atoms with Gasteiger partial charge in [0.2, 0.25) is 11.8 Å². The monoisotopic (exact) mass is 551 g/mol. The highest BCUT2D eigenvalue weighted by Crippen LogP contribution is 2.29. The van der Waals surface area contributed by atoms with Gasteiger partial charge in [0.1, 0.15) is 6.10 Å². The molecular weight excluding hydrogens is 531 g/mol. The zero-order valence-corrected chi connectivity index (χ0v) is 20.8. The van der Waals surface area contributed by atoms with Crippen LogP contribution in [0.3, 0.4) is 0 Å². The number of aromatic nitrogens is 5. The van der Waals surface area contributed by atoms with Crippen molar-refractivity contribution in [3.8, 4) is 23.6 Å². The summed E-state index contributed by atoms with van der Waals surface area (Å²) in [5, 5.41) is 17.0. The summed E-state index contributed by atoms with van der Waals surface area (Å²) in [5.41, 5.74) is -4.81. The van der Waals surface area contributed by atoms with Crippen molar-refractivity contribution < 1.29 is 35.3 Å². The molecule has 1 saturated heterocycles. The number of nitrogens with zero attached hydrogens (tertiary/aromatic N) is 7. The first-order valence-corrected chi connectivity index (χ1v) is 12.5. The third-order valence-corrected chi connectivity index (χ3v) is 6.78. The summed E-state index contributed by atoms with van der Waals surface area (Å²) in [6.07, 6.45) is 4.63. The van der Waals surface area contributed by atoms with Crippen LogP contribution in [0.25, 0.3) is 5.82 Å². The maximum Gasteiger partial charge on any atom is 0.534 e. The lowest BCUT2D eigenvalue weighted by atomic mass is 10.00. The molecule has 0 saturated carbocycles. The van der Waals surface area contributed by atoms with Gasteiger partial charge >= 0.3 is 15.6 Å². The number of nitriles is 1. The van der Waals surface area contributed by atoms with Gasteiger partial charge in [0.15, 0.2) is 5.82 Å². The van der Waals surface area contributed by atoms with E-state index in [0.29, 0.717) is 24.0 Å². The molecular formula is C22H20F3N7O5S. The smallest absolute Gasteiger partial charge is 0.472 e. The van der Waals surface area contributed by atoms with Gasteiger partial charge in [-0.05, 0) is 38.8 Å². The number of carbonyl (C=O) groups is 1. The van der Waals surface area contributed by atoms with Gasteiger partial charge in [-0.3, -0.25) is 4.79 Å². The van der Waals surface area contributed by atoms with Crippen LogP contribution < -0.4 is 8.92 Å². The fraction of sp³-hybridized carbons (Fsp3) is 0.364. The number of alkyl halides is 3. The maximum absolute atomic E-state index is 13.6. The molecule has 0 aliphatic carbocycles. The van der Waals surface area contributed by atoms with E-state index < -0.39 is 33.5 Å². The number of pyridine rings is 2. The van der Waals surface area contributed by atoms with Crippen LogP contribution in [0.4, 0.5) is 13.2 Å². The third kappa shape index (κ3) is 5.37. The Kier molecular flexibility index (Phi) is 7.22. The van der Waals surface area contributed by atoms with Gasteiger partial charge in [-0.25, -0.2) is 4.98 Å². The SMILES string of the molecule is Cc1c(C#N)ccnc1O[C@@H]1CC[C@@H](C)N(C(=O)c2ccc(OS(=O)(=O)C(F)(F)F)nc2-n2nccn2)C1. The van der Waals surface area contributed by atoms with Crippen molar-refractivity contribution in [1.82, 2.24) is 29.9 Å². The average molecular weight is 552 g/mol. The first-order valence-electron chi connectivity index (χ1n) is 11.1. The third-order valence-electron chi connectivity index (χ3n) is 5.82. The zero-order valence-electron chi connectivity index (χ0n) is 20.0. The van der Waals surface area contributed by atoms with E-state index in [1.807, 2.05) is 6.92 Å². The number of carbonyl (C=O) groups excluding carboxylic acids is 1. The van der Waals surface area contributed by atoms with E-state index in [-0.39, 0.29) is 29.8 Å². The fourth-order valence-corrected chi connectivity index (χ4v) is 4.22. The lowest BCUT2D eigenvalue weighted by molar-refractivity contribution is -0.0501. The molecule has 1 aliphatic rings. The Morgan fingerprint density at radius 2 is 1.87 bits per heavy atom. The summed E-state index contributed by atoms with van der Waals surface area (Å²) in [6.45, 7) is 3.65. The van der Waals surface area contributed by atoms with Crippen LogP contribution in [0.15, 0.2) is 36.8 Å². The van der Waals surface area contributed by atoms with Crippen molar-refractivity contribution >= 4 is 16.0 Å². The van der Waals surface area contributed by atoms with Crippen LogP contribution in [-0.4, -0.2) is 68.4 Å². The van der Waals surface area contributed by atoms with Crippen LogP contribution in [0.2, 0.25) is 0 Å². The minimum atomic E-state index is -5.99. The van der Waals surface area contributed by atoms with Crippen molar-refractivity contribution in [2.75, 3.05) is 6.54 Å². The Morgan fingerprint density at radius 1 is 1.16 bits per heavy atom.